The highest BCUT2D eigenvalue weighted by molar-refractivity contribution is 6.02. The van der Waals surface area contributed by atoms with E-state index in [0.717, 1.165) is 0 Å². The lowest BCUT2D eigenvalue weighted by atomic mass is 10.1. The summed E-state index contributed by atoms with van der Waals surface area (Å²) >= 11 is 0. The number of amides is 2. The van der Waals surface area contributed by atoms with Gasteiger partial charge in [-0.05, 0) is 30.7 Å². The van der Waals surface area contributed by atoms with Gasteiger partial charge in [0.15, 0.2) is 11.5 Å². The first-order valence-corrected chi connectivity index (χ1v) is 7.38. The van der Waals surface area contributed by atoms with E-state index in [9.17, 15) is 9.59 Å². The lowest BCUT2D eigenvalue weighted by Gasteiger charge is -2.16. The van der Waals surface area contributed by atoms with Crippen molar-refractivity contribution in [1.29, 1.82) is 0 Å². The van der Waals surface area contributed by atoms with E-state index in [-0.39, 0.29) is 23.4 Å². The molecule has 3 rings (SSSR count). The molecule has 7 heteroatoms. The number of hydrogen-bond donors (Lipinski definition) is 2. The number of carbonyl (C=O) groups is 2. The van der Waals surface area contributed by atoms with Gasteiger partial charge in [-0.1, -0.05) is 18.2 Å². The van der Waals surface area contributed by atoms with Gasteiger partial charge in [-0.3, -0.25) is 9.59 Å². The Morgan fingerprint density at radius 2 is 1.91 bits per heavy atom. The highest BCUT2D eigenvalue weighted by Crippen LogP contribution is 2.21. The van der Waals surface area contributed by atoms with Crippen LogP contribution in [0.2, 0.25) is 0 Å². The zero-order valence-corrected chi connectivity index (χ0v) is 12.5. The van der Waals surface area contributed by atoms with Crippen LogP contribution in [0.5, 0.6) is 0 Å². The van der Waals surface area contributed by atoms with Crippen molar-refractivity contribution >= 4 is 23.3 Å². The Hall–Kier alpha value is -2.96. The molecule has 0 saturated carbocycles. The Kier molecular flexibility index (Phi) is 4.18. The molecule has 7 nitrogen and oxygen atoms in total. The van der Waals surface area contributed by atoms with Gasteiger partial charge in [0.25, 0.3) is 5.91 Å². The fourth-order valence-corrected chi connectivity index (χ4v) is 2.53. The normalized spacial score (nSPS) is 17.0. The summed E-state index contributed by atoms with van der Waals surface area (Å²) in [5, 5.41) is 10.8. The van der Waals surface area contributed by atoms with Crippen LogP contribution in [0.4, 0.5) is 11.5 Å². The molecule has 1 saturated heterocycles. The molecule has 0 spiro atoms. The van der Waals surface area contributed by atoms with Gasteiger partial charge in [0.05, 0.1) is 5.92 Å². The molecule has 23 heavy (non-hydrogen) atoms. The molecule has 1 fully saturated rings. The first kappa shape index (κ1) is 15.0. The Bertz CT molecular complexity index is 702. The van der Waals surface area contributed by atoms with Crippen LogP contribution in [-0.2, 0) is 4.79 Å². The smallest absolute Gasteiger partial charge is 0.276 e. The number of para-hydroxylation sites is 1. The average molecular weight is 311 g/mol. The molecule has 0 aliphatic carbocycles. The average Bonchev–Trinajstić information content (AvgIpc) is 3.06. The van der Waals surface area contributed by atoms with E-state index >= 15 is 0 Å². The second kappa shape index (κ2) is 6.43. The summed E-state index contributed by atoms with van der Waals surface area (Å²) in [7, 11) is 0. The minimum absolute atomic E-state index is 0.155. The number of nitrogens with one attached hydrogen (secondary N) is 1. The molecule has 1 aliphatic heterocycles. The Morgan fingerprint density at radius 1 is 1.13 bits per heavy atom. The van der Waals surface area contributed by atoms with Crippen molar-refractivity contribution < 1.29 is 9.59 Å². The van der Waals surface area contributed by atoms with Crippen LogP contribution in [0.15, 0.2) is 42.5 Å². The van der Waals surface area contributed by atoms with Gasteiger partial charge in [0.2, 0.25) is 5.91 Å². The highest BCUT2D eigenvalue weighted by Gasteiger charge is 2.27. The molecule has 0 bridgehead atoms. The van der Waals surface area contributed by atoms with E-state index in [0.29, 0.717) is 31.0 Å². The van der Waals surface area contributed by atoms with Gasteiger partial charge in [-0.25, -0.2) is 0 Å². The molecule has 118 valence electrons. The summed E-state index contributed by atoms with van der Waals surface area (Å²) in [4.78, 5) is 25.2. The topological polar surface area (TPSA) is 101 Å². The fraction of sp³-hybridized carbons (Fsp3) is 0.250. The van der Waals surface area contributed by atoms with Crippen LogP contribution in [0, 0.1) is 5.92 Å². The quantitative estimate of drug-likeness (QED) is 0.878. The number of primary amides is 1. The number of carbonyl (C=O) groups excluding carboxylic acids is 2. The van der Waals surface area contributed by atoms with Crippen LogP contribution >= 0.6 is 0 Å². The highest BCUT2D eigenvalue weighted by atomic mass is 16.2. The summed E-state index contributed by atoms with van der Waals surface area (Å²) in [5.74, 6) is -0.117. The van der Waals surface area contributed by atoms with E-state index in [4.69, 9.17) is 5.73 Å². The molecule has 1 unspecified atom stereocenters. The van der Waals surface area contributed by atoms with Crippen LogP contribution < -0.4 is 16.0 Å². The number of rotatable bonds is 4. The van der Waals surface area contributed by atoms with Crippen molar-refractivity contribution in [3.05, 3.63) is 48.2 Å². The molecule has 0 radical (unpaired) electrons. The SMILES string of the molecule is NC(=O)C1CCN(c2ccc(C(=O)Nc3ccccc3)nn2)C1. The standard InChI is InChI=1S/C16H17N5O2/c17-15(22)11-8-9-21(10-11)14-7-6-13(19-20-14)16(23)18-12-4-2-1-3-5-12/h1-7,11H,8-10H2,(H2,17,22)(H,18,23). The summed E-state index contributed by atoms with van der Waals surface area (Å²) < 4.78 is 0. The van der Waals surface area contributed by atoms with Gasteiger partial charge >= 0.3 is 0 Å². The molecule has 2 aromatic rings. The van der Waals surface area contributed by atoms with Gasteiger partial charge in [-0.15, -0.1) is 10.2 Å². The van der Waals surface area contributed by atoms with E-state index in [1.54, 1.807) is 24.3 Å². The summed E-state index contributed by atoms with van der Waals surface area (Å²) in [6, 6.07) is 12.5. The zero-order chi connectivity index (χ0) is 16.2. The van der Waals surface area contributed by atoms with E-state index in [2.05, 4.69) is 15.5 Å². The number of benzene rings is 1. The van der Waals surface area contributed by atoms with E-state index in [1.807, 2.05) is 23.1 Å². The third-order valence-corrected chi connectivity index (χ3v) is 3.83. The van der Waals surface area contributed by atoms with Crippen molar-refractivity contribution in [2.75, 3.05) is 23.3 Å². The molecule has 2 amide bonds. The molecular formula is C16H17N5O2. The van der Waals surface area contributed by atoms with Gasteiger partial charge in [0.1, 0.15) is 0 Å². The van der Waals surface area contributed by atoms with Crippen molar-refractivity contribution in [2.24, 2.45) is 11.7 Å². The fourth-order valence-electron chi connectivity index (χ4n) is 2.53. The van der Waals surface area contributed by atoms with Crippen molar-refractivity contribution in [3.8, 4) is 0 Å². The largest absolute Gasteiger partial charge is 0.369 e. The first-order chi connectivity index (χ1) is 11.1. The molecule has 3 N–H and O–H groups in total. The Morgan fingerprint density at radius 3 is 2.52 bits per heavy atom. The lowest BCUT2D eigenvalue weighted by molar-refractivity contribution is -0.121. The minimum Gasteiger partial charge on any atom is -0.369 e. The molecule has 2 heterocycles. The van der Waals surface area contributed by atoms with Crippen LogP contribution in [0.25, 0.3) is 0 Å². The molecule has 1 aromatic carbocycles. The predicted octanol–water partition coefficient (Wildman–Crippen LogP) is 1.04. The third-order valence-electron chi connectivity index (χ3n) is 3.83. The first-order valence-electron chi connectivity index (χ1n) is 7.38. The van der Waals surface area contributed by atoms with Crippen LogP contribution in [-0.4, -0.2) is 35.1 Å². The summed E-state index contributed by atoms with van der Waals surface area (Å²) in [5.41, 5.74) is 6.26. The number of nitrogens with two attached hydrogens (primary N) is 1. The molecule has 1 aromatic heterocycles. The number of anilines is 2. The van der Waals surface area contributed by atoms with Crippen molar-refractivity contribution in [1.82, 2.24) is 10.2 Å². The summed E-state index contributed by atoms with van der Waals surface area (Å²) in [6.45, 7) is 1.25. The second-order valence-corrected chi connectivity index (χ2v) is 5.43. The molecule has 1 aliphatic rings. The lowest BCUT2D eigenvalue weighted by Crippen LogP contribution is -2.28. The van der Waals surface area contributed by atoms with Crippen LogP contribution in [0.3, 0.4) is 0 Å². The maximum Gasteiger partial charge on any atom is 0.276 e. The minimum atomic E-state index is -0.313. The van der Waals surface area contributed by atoms with E-state index in [1.165, 1.54) is 0 Å². The van der Waals surface area contributed by atoms with Crippen molar-refractivity contribution in [3.63, 3.8) is 0 Å². The number of aromatic nitrogens is 2. The number of nitrogens with zero attached hydrogens (tertiary/aromatic N) is 3. The van der Waals surface area contributed by atoms with Crippen molar-refractivity contribution in [2.45, 2.75) is 6.42 Å². The number of hydrogen-bond acceptors (Lipinski definition) is 5. The maximum absolute atomic E-state index is 12.1. The zero-order valence-electron chi connectivity index (χ0n) is 12.5. The Balaban J connectivity index is 1.65. The van der Waals surface area contributed by atoms with Crippen LogP contribution in [0.1, 0.15) is 16.9 Å². The van der Waals surface area contributed by atoms with Gasteiger partial charge in [0, 0.05) is 18.8 Å². The monoisotopic (exact) mass is 311 g/mol. The van der Waals surface area contributed by atoms with Gasteiger partial charge in [-0.2, -0.15) is 0 Å². The second-order valence-electron chi connectivity index (χ2n) is 5.43. The predicted molar refractivity (Wildman–Crippen MR) is 85.9 cm³/mol. The molecular weight excluding hydrogens is 294 g/mol. The molecule has 1 atom stereocenters. The summed E-state index contributed by atoms with van der Waals surface area (Å²) in [6.07, 6.45) is 0.716. The van der Waals surface area contributed by atoms with E-state index < -0.39 is 0 Å². The maximum atomic E-state index is 12.1. The van der Waals surface area contributed by atoms with Gasteiger partial charge < -0.3 is 16.0 Å². The third kappa shape index (κ3) is 3.45. The Labute approximate surface area is 133 Å².